The number of allylic oxidation sites excluding steroid dienone is 2. The Hall–Kier alpha value is -1.58. The maximum atomic E-state index is 11.6. The van der Waals surface area contributed by atoms with Gasteiger partial charge < -0.3 is 0 Å². The Balaban J connectivity index is 2.53. The number of nitrogens with one attached hydrogen (secondary N) is 1. The number of aromatic amines is 1. The Morgan fingerprint density at radius 3 is 2.80 bits per heavy atom. The zero-order chi connectivity index (χ0) is 10.8. The number of rotatable bonds is 1. The van der Waals surface area contributed by atoms with Crippen molar-refractivity contribution in [2.45, 2.75) is 32.6 Å². The molecule has 1 N–H and O–H groups in total. The normalized spacial score (nSPS) is 16.2. The fourth-order valence-corrected chi connectivity index (χ4v) is 1.82. The summed E-state index contributed by atoms with van der Waals surface area (Å²) >= 11 is 0. The van der Waals surface area contributed by atoms with Crippen LogP contribution >= 0.6 is 0 Å². The minimum Gasteiger partial charge on any atom is -0.273 e. The van der Waals surface area contributed by atoms with Crippen LogP contribution in [-0.2, 0) is 0 Å². The van der Waals surface area contributed by atoms with E-state index in [2.05, 4.69) is 11.1 Å². The van der Waals surface area contributed by atoms with Gasteiger partial charge in [-0.25, -0.2) is 4.79 Å². The van der Waals surface area contributed by atoms with Gasteiger partial charge in [0.05, 0.1) is 0 Å². The molecule has 1 aliphatic carbocycles. The molecule has 4 nitrogen and oxygen atoms in total. The molecule has 0 aliphatic heterocycles. The minimum atomic E-state index is -0.334. The molecule has 0 unspecified atom stereocenters. The van der Waals surface area contributed by atoms with E-state index in [4.69, 9.17) is 0 Å². The molecule has 0 saturated carbocycles. The number of H-pyrrole nitrogens is 1. The molecular weight excluding hydrogens is 192 g/mol. The highest BCUT2D eigenvalue weighted by atomic mass is 16.2. The Labute approximate surface area is 87.3 Å². The van der Waals surface area contributed by atoms with Crippen LogP contribution < -0.4 is 11.2 Å². The van der Waals surface area contributed by atoms with E-state index in [1.165, 1.54) is 6.42 Å². The van der Waals surface area contributed by atoms with E-state index in [0.29, 0.717) is 5.56 Å². The average Bonchev–Trinajstić information content (AvgIpc) is 2.25. The predicted octanol–water partition coefficient (Wildman–Crippen LogP) is 1.26. The van der Waals surface area contributed by atoms with Crippen LogP contribution in [0.3, 0.4) is 0 Å². The van der Waals surface area contributed by atoms with Gasteiger partial charge in [0.25, 0.3) is 5.56 Å². The summed E-state index contributed by atoms with van der Waals surface area (Å²) in [6.45, 7) is 1.71. The third-order valence-corrected chi connectivity index (χ3v) is 2.70. The summed E-state index contributed by atoms with van der Waals surface area (Å²) in [4.78, 5) is 25.1. The maximum absolute atomic E-state index is 11.6. The second kappa shape index (κ2) is 3.88. The summed E-state index contributed by atoms with van der Waals surface area (Å²) < 4.78 is 1.55. The van der Waals surface area contributed by atoms with Crippen LogP contribution in [0.1, 0.15) is 31.2 Å². The first-order chi connectivity index (χ1) is 7.18. The van der Waals surface area contributed by atoms with Crippen molar-refractivity contribution in [3.63, 3.8) is 0 Å². The molecule has 0 saturated heterocycles. The molecule has 0 radical (unpaired) electrons. The van der Waals surface area contributed by atoms with Gasteiger partial charge in [0.2, 0.25) is 0 Å². The van der Waals surface area contributed by atoms with Crippen molar-refractivity contribution in [1.82, 2.24) is 9.55 Å². The fraction of sp³-hybridized carbons (Fsp3) is 0.455. The molecule has 0 aromatic carbocycles. The lowest BCUT2D eigenvalue weighted by Crippen LogP contribution is -2.30. The third kappa shape index (κ3) is 1.93. The van der Waals surface area contributed by atoms with Gasteiger partial charge in [0, 0.05) is 17.5 Å². The van der Waals surface area contributed by atoms with Crippen molar-refractivity contribution in [3.8, 4) is 0 Å². The fourth-order valence-electron chi connectivity index (χ4n) is 1.82. The maximum Gasteiger partial charge on any atom is 0.332 e. The lowest BCUT2D eigenvalue weighted by molar-refractivity contribution is 0.705. The molecule has 4 heteroatoms. The van der Waals surface area contributed by atoms with Crippen LogP contribution in [0, 0.1) is 6.92 Å². The molecule has 0 fully saturated rings. The van der Waals surface area contributed by atoms with E-state index in [-0.39, 0.29) is 11.2 Å². The SMILES string of the molecule is Cc1cn(C2=CCCCC2)c(=O)[nH]c1=O. The lowest BCUT2D eigenvalue weighted by Gasteiger charge is -2.14. The predicted molar refractivity (Wildman–Crippen MR) is 58.8 cm³/mol. The largest absolute Gasteiger partial charge is 0.332 e. The smallest absolute Gasteiger partial charge is 0.273 e. The highest BCUT2D eigenvalue weighted by Crippen LogP contribution is 2.19. The van der Waals surface area contributed by atoms with Crippen molar-refractivity contribution in [1.29, 1.82) is 0 Å². The Morgan fingerprint density at radius 2 is 2.13 bits per heavy atom. The van der Waals surface area contributed by atoms with Gasteiger partial charge in [0.1, 0.15) is 0 Å². The quantitative estimate of drug-likeness (QED) is 0.752. The van der Waals surface area contributed by atoms with Crippen molar-refractivity contribution >= 4 is 5.70 Å². The van der Waals surface area contributed by atoms with E-state index in [9.17, 15) is 9.59 Å². The molecule has 0 bridgehead atoms. The molecule has 1 heterocycles. The first-order valence-corrected chi connectivity index (χ1v) is 5.20. The average molecular weight is 206 g/mol. The summed E-state index contributed by atoms with van der Waals surface area (Å²) in [5, 5.41) is 0. The van der Waals surface area contributed by atoms with Gasteiger partial charge in [-0.15, -0.1) is 0 Å². The molecule has 2 rings (SSSR count). The van der Waals surface area contributed by atoms with Gasteiger partial charge in [-0.1, -0.05) is 6.08 Å². The number of nitrogens with zero attached hydrogens (tertiary/aromatic N) is 1. The van der Waals surface area contributed by atoms with E-state index < -0.39 is 0 Å². The Bertz CT molecular complexity index is 508. The van der Waals surface area contributed by atoms with Crippen molar-refractivity contribution in [3.05, 3.63) is 38.7 Å². The Morgan fingerprint density at radius 1 is 1.33 bits per heavy atom. The van der Waals surface area contributed by atoms with Crippen LogP contribution in [0.15, 0.2) is 21.9 Å². The van der Waals surface area contributed by atoms with Crippen molar-refractivity contribution in [2.75, 3.05) is 0 Å². The summed E-state index contributed by atoms with van der Waals surface area (Å²) in [6, 6.07) is 0. The van der Waals surface area contributed by atoms with E-state index in [1.807, 2.05) is 0 Å². The first-order valence-electron chi connectivity index (χ1n) is 5.20. The monoisotopic (exact) mass is 206 g/mol. The van der Waals surface area contributed by atoms with Gasteiger partial charge in [-0.05, 0) is 32.6 Å². The lowest BCUT2D eigenvalue weighted by atomic mass is 10.0. The van der Waals surface area contributed by atoms with Crippen molar-refractivity contribution in [2.24, 2.45) is 0 Å². The summed E-state index contributed by atoms with van der Waals surface area (Å²) in [5.41, 5.74) is 0.943. The molecular formula is C11H14N2O2. The van der Waals surface area contributed by atoms with Crippen LogP contribution in [0.25, 0.3) is 5.70 Å². The summed E-state index contributed by atoms with van der Waals surface area (Å²) in [7, 11) is 0. The molecule has 15 heavy (non-hydrogen) atoms. The molecule has 80 valence electrons. The molecule has 0 spiro atoms. The molecule has 1 aromatic rings. The molecule has 0 atom stereocenters. The van der Waals surface area contributed by atoms with Gasteiger partial charge >= 0.3 is 5.69 Å². The number of hydrogen-bond donors (Lipinski definition) is 1. The topological polar surface area (TPSA) is 54.9 Å². The van der Waals surface area contributed by atoms with Crippen molar-refractivity contribution < 1.29 is 0 Å². The van der Waals surface area contributed by atoms with E-state index >= 15 is 0 Å². The molecule has 0 amide bonds. The van der Waals surface area contributed by atoms with Gasteiger partial charge in [-0.2, -0.15) is 0 Å². The highest BCUT2D eigenvalue weighted by Gasteiger charge is 2.08. The molecule has 1 aliphatic rings. The summed E-state index contributed by atoms with van der Waals surface area (Å²) in [6.07, 6.45) is 7.91. The van der Waals surface area contributed by atoms with Gasteiger partial charge in [0.15, 0.2) is 0 Å². The van der Waals surface area contributed by atoms with Crippen LogP contribution in [-0.4, -0.2) is 9.55 Å². The van der Waals surface area contributed by atoms with Gasteiger partial charge in [-0.3, -0.25) is 14.3 Å². The number of hydrogen-bond acceptors (Lipinski definition) is 2. The minimum absolute atomic E-state index is 0.298. The second-order valence-corrected chi connectivity index (χ2v) is 3.88. The number of aryl methyl sites for hydroxylation is 1. The van der Waals surface area contributed by atoms with Crippen LogP contribution in [0.2, 0.25) is 0 Å². The molecule has 1 aromatic heterocycles. The second-order valence-electron chi connectivity index (χ2n) is 3.88. The van der Waals surface area contributed by atoms with Crippen LogP contribution in [0.4, 0.5) is 0 Å². The third-order valence-electron chi connectivity index (χ3n) is 2.70. The highest BCUT2D eigenvalue weighted by molar-refractivity contribution is 5.45. The Kier molecular flexibility index (Phi) is 2.58. The zero-order valence-electron chi connectivity index (χ0n) is 8.75. The standard InChI is InChI=1S/C11H14N2O2/c1-8-7-13(11(15)12-10(8)14)9-5-3-2-4-6-9/h5,7H,2-4,6H2,1H3,(H,12,14,15). The van der Waals surface area contributed by atoms with E-state index in [0.717, 1.165) is 25.0 Å². The van der Waals surface area contributed by atoms with E-state index in [1.54, 1.807) is 17.7 Å². The number of aromatic nitrogens is 2. The first kappa shape index (κ1) is 9.96. The van der Waals surface area contributed by atoms with Crippen LogP contribution in [0.5, 0.6) is 0 Å². The summed E-state index contributed by atoms with van der Waals surface area (Å²) in [5.74, 6) is 0. The zero-order valence-corrected chi connectivity index (χ0v) is 8.75.